The summed E-state index contributed by atoms with van der Waals surface area (Å²) in [5.74, 6) is 1.47. The summed E-state index contributed by atoms with van der Waals surface area (Å²) in [6.45, 7) is 7.28. The molecule has 0 bridgehead atoms. The number of nitrogens with zero attached hydrogens (tertiary/aromatic N) is 3. The standard InChI is InChI=1S/C17H28N4O2S/c1-5-6-7-8-9-10-21-13-14(18-17(21)24-11-12(2)3)20(4)16(23)19-15(13)22/h12H,5-11H2,1-4H3,(H,19,22,23). The number of imidazole rings is 1. The van der Waals surface area contributed by atoms with Crippen molar-refractivity contribution in [1.82, 2.24) is 19.1 Å². The van der Waals surface area contributed by atoms with Gasteiger partial charge in [0.05, 0.1) is 0 Å². The van der Waals surface area contributed by atoms with Crippen molar-refractivity contribution in [2.45, 2.75) is 64.6 Å². The minimum absolute atomic E-state index is 0.342. The zero-order valence-corrected chi connectivity index (χ0v) is 15.9. The van der Waals surface area contributed by atoms with E-state index in [-0.39, 0.29) is 5.56 Å². The molecule has 0 aliphatic heterocycles. The van der Waals surface area contributed by atoms with Crippen molar-refractivity contribution in [3.63, 3.8) is 0 Å². The van der Waals surface area contributed by atoms with Gasteiger partial charge in [0.1, 0.15) is 0 Å². The maximum absolute atomic E-state index is 12.3. The van der Waals surface area contributed by atoms with Gasteiger partial charge in [-0.2, -0.15) is 0 Å². The Balaban J connectivity index is 2.36. The second-order valence-electron chi connectivity index (χ2n) is 6.66. The lowest BCUT2D eigenvalue weighted by Crippen LogP contribution is -2.29. The highest BCUT2D eigenvalue weighted by Crippen LogP contribution is 2.24. The minimum atomic E-state index is -0.416. The van der Waals surface area contributed by atoms with Crippen LogP contribution in [0, 0.1) is 5.92 Å². The zero-order chi connectivity index (χ0) is 17.7. The van der Waals surface area contributed by atoms with E-state index in [2.05, 4.69) is 30.7 Å². The van der Waals surface area contributed by atoms with Gasteiger partial charge in [-0.25, -0.2) is 9.78 Å². The summed E-state index contributed by atoms with van der Waals surface area (Å²) in [4.78, 5) is 31.1. The molecule has 0 amide bonds. The second-order valence-corrected chi connectivity index (χ2v) is 7.64. The van der Waals surface area contributed by atoms with Crippen LogP contribution in [0.5, 0.6) is 0 Å². The number of thioether (sulfide) groups is 1. The molecule has 0 radical (unpaired) electrons. The van der Waals surface area contributed by atoms with Crippen molar-refractivity contribution >= 4 is 22.9 Å². The number of rotatable bonds is 9. The van der Waals surface area contributed by atoms with Gasteiger partial charge in [-0.15, -0.1) is 0 Å². The van der Waals surface area contributed by atoms with Crippen LogP contribution in [-0.2, 0) is 13.6 Å². The summed E-state index contributed by atoms with van der Waals surface area (Å²) in [7, 11) is 1.65. The van der Waals surface area contributed by atoms with E-state index in [1.54, 1.807) is 18.8 Å². The number of aromatic nitrogens is 4. The van der Waals surface area contributed by atoms with Crippen LogP contribution in [0.2, 0.25) is 0 Å². The van der Waals surface area contributed by atoms with Crippen LogP contribution in [-0.4, -0.2) is 24.9 Å². The first kappa shape index (κ1) is 18.8. The molecule has 0 saturated carbocycles. The summed E-state index contributed by atoms with van der Waals surface area (Å²) in [6.07, 6.45) is 5.83. The summed E-state index contributed by atoms with van der Waals surface area (Å²) in [5.41, 5.74) is 0.230. The largest absolute Gasteiger partial charge is 0.329 e. The molecule has 2 aromatic rings. The van der Waals surface area contributed by atoms with Crippen LogP contribution in [0.15, 0.2) is 14.7 Å². The molecule has 0 spiro atoms. The summed E-state index contributed by atoms with van der Waals surface area (Å²) in [6, 6.07) is 0. The van der Waals surface area contributed by atoms with Crippen molar-refractivity contribution in [1.29, 1.82) is 0 Å². The van der Waals surface area contributed by atoms with Crippen molar-refractivity contribution < 1.29 is 0 Å². The van der Waals surface area contributed by atoms with Crippen LogP contribution in [0.4, 0.5) is 0 Å². The quantitative estimate of drug-likeness (QED) is 0.556. The Hall–Kier alpha value is -1.50. The van der Waals surface area contributed by atoms with Gasteiger partial charge in [0, 0.05) is 19.3 Å². The summed E-state index contributed by atoms with van der Waals surface area (Å²) in [5, 5.41) is 0.834. The average molecular weight is 353 g/mol. The fourth-order valence-electron chi connectivity index (χ4n) is 2.65. The molecular weight excluding hydrogens is 324 g/mol. The molecule has 0 atom stereocenters. The third-order valence-corrected chi connectivity index (χ3v) is 5.41. The van der Waals surface area contributed by atoms with Crippen molar-refractivity contribution in [3.05, 3.63) is 20.8 Å². The first-order chi connectivity index (χ1) is 11.5. The van der Waals surface area contributed by atoms with Crippen molar-refractivity contribution in [3.8, 4) is 0 Å². The Morgan fingerprint density at radius 3 is 2.54 bits per heavy atom. The number of fused-ring (bicyclic) bond motifs is 1. The van der Waals surface area contributed by atoms with Crippen molar-refractivity contribution in [2.75, 3.05) is 5.75 Å². The van der Waals surface area contributed by atoms with E-state index in [0.717, 1.165) is 30.3 Å². The highest BCUT2D eigenvalue weighted by molar-refractivity contribution is 7.99. The fourth-order valence-corrected chi connectivity index (χ4v) is 3.62. The number of unbranched alkanes of at least 4 members (excludes halogenated alkanes) is 4. The predicted octanol–water partition coefficient (Wildman–Crippen LogP) is 3.14. The summed E-state index contributed by atoms with van der Waals surface area (Å²) >= 11 is 1.66. The second kappa shape index (κ2) is 8.55. The predicted molar refractivity (Wildman–Crippen MR) is 99.9 cm³/mol. The topological polar surface area (TPSA) is 72.7 Å². The maximum Gasteiger partial charge on any atom is 0.329 e. The first-order valence-corrected chi connectivity index (χ1v) is 9.76. The molecule has 0 aromatic carbocycles. The molecule has 0 unspecified atom stereocenters. The van der Waals surface area contributed by atoms with E-state index in [1.165, 1.54) is 23.8 Å². The van der Waals surface area contributed by atoms with E-state index >= 15 is 0 Å². The molecule has 0 aliphatic rings. The first-order valence-electron chi connectivity index (χ1n) is 8.78. The molecule has 1 N–H and O–H groups in total. The Kier molecular flexibility index (Phi) is 6.71. The van der Waals surface area contributed by atoms with E-state index in [9.17, 15) is 9.59 Å². The Labute approximate surface area is 146 Å². The monoisotopic (exact) mass is 352 g/mol. The maximum atomic E-state index is 12.3. The van der Waals surface area contributed by atoms with E-state index in [1.807, 2.05) is 4.57 Å². The highest BCUT2D eigenvalue weighted by atomic mass is 32.2. The number of hydrogen-bond donors (Lipinski definition) is 1. The van der Waals surface area contributed by atoms with E-state index < -0.39 is 5.69 Å². The Morgan fingerprint density at radius 2 is 1.88 bits per heavy atom. The van der Waals surface area contributed by atoms with E-state index in [0.29, 0.717) is 17.1 Å². The number of aromatic amines is 1. The molecule has 2 aromatic heterocycles. The van der Waals surface area contributed by atoms with Crippen LogP contribution in [0.3, 0.4) is 0 Å². The van der Waals surface area contributed by atoms with Gasteiger partial charge in [-0.3, -0.25) is 14.3 Å². The van der Waals surface area contributed by atoms with Gasteiger partial charge in [0.15, 0.2) is 16.3 Å². The third-order valence-electron chi connectivity index (χ3n) is 4.00. The van der Waals surface area contributed by atoms with Gasteiger partial charge < -0.3 is 4.57 Å². The zero-order valence-electron chi connectivity index (χ0n) is 15.1. The summed E-state index contributed by atoms with van der Waals surface area (Å²) < 4.78 is 3.41. The minimum Gasteiger partial charge on any atom is -0.313 e. The third kappa shape index (κ3) is 4.32. The van der Waals surface area contributed by atoms with Crippen LogP contribution in [0.1, 0.15) is 52.9 Å². The Morgan fingerprint density at radius 1 is 1.17 bits per heavy atom. The highest BCUT2D eigenvalue weighted by Gasteiger charge is 2.17. The number of aryl methyl sites for hydroxylation is 2. The number of H-pyrrole nitrogens is 1. The molecule has 0 aliphatic carbocycles. The van der Waals surface area contributed by atoms with Gasteiger partial charge in [-0.1, -0.05) is 58.2 Å². The fraction of sp³-hybridized carbons (Fsp3) is 0.706. The lowest BCUT2D eigenvalue weighted by molar-refractivity contribution is 0.551. The van der Waals surface area contributed by atoms with Gasteiger partial charge >= 0.3 is 5.69 Å². The molecule has 2 heterocycles. The normalized spacial score (nSPS) is 11.7. The van der Waals surface area contributed by atoms with Gasteiger partial charge in [-0.05, 0) is 12.3 Å². The van der Waals surface area contributed by atoms with Gasteiger partial charge in [0.25, 0.3) is 5.56 Å². The molecular formula is C17H28N4O2S. The molecule has 0 saturated heterocycles. The van der Waals surface area contributed by atoms with Crippen LogP contribution in [0.25, 0.3) is 11.2 Å². The Bertz CT molecular complexity index is 788. The van der Waals surface area contributed by atoms with E-state index in [4.69, 9.17) is 0 Å². The number of hydrogen-bond acceptors (Lipinski definition) is 4. The van der Waals surface area contributed by atoms with Crippen LogP contribution < -0.4 is 11.2 Å². The molecule has 24 heavy (non-hydrogen) atoms. The SMILES string of the molecule is CCCCCCCn1c(SCC(C)C)nc2c1c(=O)[nH]c(=O)n2C. The number of nitrogens with one attached hydrogen (secondary N) is 1. The van der Waals surface area contributed by atoms with Gasteiger partial charge in [0.2, 0.25) is 0 Å². The molecule has 134 valence electrons. The molecule has 7 heteroatoms. The van der Waals surface area contributed by atoms with Crippen LogP contribution >= 0.6 is 11.8 Å². The molecule has 2 rings (SSSR count). The lowest BCUT2D eigenvalue weighted by atomic mass is 10.1. The molecule has 0 fully saturated rings. The average Bonchev–Trinajstić information content (AvgIpc) is 2.90. The lowest BCUT2D eigenvalue weighted by Gasteiger charge is -2.09. The molecule has 6 nitrogen and oxygen atoms in total. The smallest absolute Gasteiger partial charge is 0.313 e. The van der Waals surface area contributed by atoms with Crippen molar-refractivity contribution in [2.24, 2.45) is 13.0 Å².